The second-order valence-corrected chi connectivity index (χ2v) is 3.98. The zero-order valence-corrected chi connectivity index (χ0v) is 11.1. The molecule has 8 heteroatoms. The quantitative estimate of drug-likeness (QED) is 0.623. The Bertz CT molecular complexity index is 518. The molecule has 4 N–H and O–H groups in total. The third-order valence-electron chi connectivity index (χ3n) is 2.33. The Morgan fingerprint density at radius 1 is 1.35 bits per heavy atom. The van der Waals surface area contributed by atoms with Gasteiger partial charge in [0.05, 0.1) is 17.4 Å². The molecule has 0 aliphatic rings. The maximum atomic E-state index is 11.6. The highest BCUT2D eigenvalue weighted by Crippen LogP contribution is 2.08. The number of aromatic nitrogens is 1. The summed E-state index contributed by atoms with van der Waals surface area (Å²) in [6.45, 7) is 3.78. The van der Waals surface area contributed by atoms with Crippen molar-refractivity contribution in [3.05, 3.63) is 24.0 Å². The Morgan fingerprint density at radius 2 is 2.05 bits per heavy atom. The van der Waals surface area contributed by atoms with Gasteiger partial charge in [0.1, 0.15) is 6.04 Å². The van der Waals surface area contributed by atoms with E-state index in [1.807, 2.05) is 0 Å². The Kier molecular flexibility index (Phi) is 5.45. The molecule has 1 aromatic heterocycles. The van der Waals surface area contributed by atoms with Crippen LogP contribution in [-0.4, -0.2) is 40.6 Å². The second kappa shape index (κ2) is 7.07. The minimum atomic E-state index is -1.14. The summed E-state index contributed by atoms with van der Waals surface area (Å²) < 4.78 is 0. The molecule has 0 saturated heterocycles. The minimum Gasteiger partial charge on any atom is -0.478 e. The first-order chi connectivity index (χ1) is 9.43. The molecule has 1 unspecified atom stereocenters. The van der Waals surface area contributed by atoms with Crippen LogP contribution in [0.25, 0.3) is 0 Å². The van der Waals surface area contributed by atoms with Crippen LogP contribution in [0.15, 0.2) is 18.5 Å². The maximum Gasteiger partial charge on any atom is 0.337 e. The largest absolute Gasteiger partial charge is 0.478 e. The van der Waals surface area contributed by atoms with Gasteiger partial charge >= 0.3 is 12.0 Å². The number of nitrogens with one attached hydrogen (secondary N) is 3. The number of pyridine rings is 1. The average Bonchev–Trinajstić information content (AvgIpc) is 2.39. The molecule has 8 nitrogen and oxygen atoms in total. The van der Waals surface area contributed by atoms with Gasteiger partial charge in [0, 0.05) is 12.7 Å². The number of urea groups is 1. The smallest absolute Gasteiger partial charge is 0.337 e. The normalized spacial score (nSPS) is 11.3. The summed E-state index contributed by atoms with van der Waals surface area (Å²) in [6, 6.07) is -0.0511. The van der Waals surface area contributed by atoms with Gasteiger partial charge in [-0.15, -0.1) is 0 Å². The Balaban J connectivity index is 2.60. The predicted molar refractivity (Wildman–Crippen MR) is 71.5 cm³/mol. The molecule has 0 radical (unpaired) electrons. The molecule has 0 fully saturated rings. The van der Waals surface area contributed by atoms with Gasteiger partial charge in [0.2, 0.25) is 5.91 Å². The second-order valence-electron chi connectivity index (χ2n) is 3.98. The van der Waals surface area contributed by atoms with Crippen molar-refractivity contribution in [2.75, 3.05) is 11.9 Å². The average molecular weight is 280 g/mol. The van der Waals surface area contributed by atoms with Gasteiger partial charge in [-0.05, 0) is 19.9 Å². The number of anilines is 1. The summed E-state index contributed by atoms with van der Waals surface area (Å²) >= 11 is 0. The van der Waals surface area contributed by atoms with Gasteiger partial charge in [0.25, 0.3) is 0 Å². The van der Waals surface area contributed by atoms with Crippen molar-refractivity contribution in [2.24, 2.45) is 0 Å². The molecule has 0 saturated carbocycles. The fraction of sp³-hybridized carbons (Fsp3) is 0.333. The summed E-state index contributed by atoms with van der Waals surface area (Å²) in [7, 11) is 0. The minimum absolute atomic E-state index is 0.0421. The lowest BCUT2D eigenvalue weighted by Gasteiger charge is -2.14. The van der Waals surface area contributed by atoms with Crippen LogP contribution in [0.1, 0.15) is 24.2 Å². The van der Waals surface area contributed by atoms with E-state index in [2.05, 4.69) is 20.9 Å². The number of carboxylic acid groups (broad SMARTS) is 1. The van der Waals surface area contributed by atoms with Gasteiger partial charge in [-0.2, -0.15) is 0 Å². The van der Waals surface area contributed by atoms with E-state index in [0.29, 0.717) is 6.54 Å². The van der Waals surface area contributed by atoms with Gasteiger partial charge in [0.15, 0.2) is 0 Å². The van der Waals surface area contributed by atoms with Crippen molar-refractivity contribution in [1.29, 1.82) is 0 Å². The van der Waals surface area contributed by atoms with E-state index in [9.17, 15) is 14.4 Å². The van der Waals surface area contributed by atoms with Crippen LogP contribution in [0.5, 0.6) is 0 Å². The summed E-state index contributed by atoms with van der Waals surface area (Å²) in [4.78, 5) is 37.5. The molecule has 1 atom stereocenters. The highest BCUT2D eigenvalue weighted by atomic mass is 16.4. The number of carboxylic acids is 1. The number of hydrogen-bond donors (Lipinski definition) is 4. The highest BCUT2D eigenvalue weighted by molar-refractivity contribution is 5.95. The predicted octanol–water partition coefficient (Wildman–Crippen LogP) is 0.426. The topological polar surface area (TPSA) is 120 Å². The molecule has 3 amide bonds. The monoisotopic (exact) mass is 280 g/mol. The fourth-order valence-electron chi connectivity index (χ4n) is 1.38. The first kappa shape index (κ1) is 15.4. The third-order valence-corrected chi connectivity index (χ3v) is 2.33. The summed E-state index contributed by atoms with van der Waals surface area (Å²) in [5, 5.41) is 16.2. The van der Waals surface area contributed by atoms with Crippen LogP contribution >= 0.6 is 0 Å². The molecule has 1 rings (SSSR count). The number of nitrogens with zero attached hydrogens (tertiary/aromatic N) is 1. The van der Waals surface area contributed by atoms with Crippen molar-refractivity contribution in [3.8, 4) is 0 Å². The van der Waals surface area contributed by atoms with Gasteiger partial charge < -0.3 is 21.1 Å². The lowest BCUT2D eigenvalue weighted by Crippen LogP contribution is -2.46. The molecule has 0 aliphatic carbocycles. The van der Waals surface area contributed by atoms with Crippen molar-refractivity contribution in [1.82, 2.24) is 15.6 Å². The van der Waals surface area contributed by atoms with Crippen LogP contribution in [-0.2, 0) is 4.79 Å². The lowest BCUT2D eigenvalue weighted by atomic mass is 10.2. The molecule has 20 heavy (non-hydrogen) atoms. The molecule has 0 bridgehead atoms. The van der Waals surface area contributed by atoms with Crippen LogP contribution < -0.4 is 16.0 Å². The summed E-state index contributed by atoms with van der Waals surface area (Å²) in [5.74, 6) is -1.45. The summed E-state index contributed by atoms with van der Waals surface area (Å²) in [5.41, 5.74) is 0.185. The number of carbonyl (C=O) groups is 3. The van der Waals surface area contributed by atoms with E-state index in [1.54, 1.807) is 6.92 Å². The molecule has 0 aliphatic heterocycles. The van der Waals surface area contributed by atoms with Crippen molar-refractivity contribution < 1.29 is 19.5 Å². The zero-order chi connectivity index (χ0) is 15.1. The van der Waals surface area contributed by atoms with E-state index in [-0.39, 0.29) is 17.2 Å². The van der Waals surface area contributed by atoms with Crippen LogP contribution in [0.2, 0.25) is 0 Å². The van der Waals surface area contributed by atoms with Gasteiger partial charge in [-0.25, -0.2) is 9.59 Å². The molecule has 1 aromatic rings. The van der Waals surface area contributed by atoms with E-state index in [0.717, 1.165) is 0 Å². The number of amides is 3. The van der Waals surface area contributed by atoms with Crippen molar-refractivity contribution >= 4 is 23.6 Å². The Hall–Kier alpha value is -2.64. The first-order valence-electron chi connectivity index (χ1n) is 5.97. The third kappa shape index (κ3) is 4.56. The fourth-order valence-corrected chi connectivity index (χ4v) is 1.38. The van der Waals surface area contributed by atoms with Crippen molar-refractivity contribution in [2.45, 2.75) is 19.9 Å². The molecule has 1 heterocycles. The number of hydrogen-bond acceptors (Lipinski definition) is 4. The number of rotatable bonds is 5. The molecule has 0 aromatic carbocycles. The van der Waals surface area contributed by atoms with Crippen LogP contribution in [0.3, 0.4) is 0 Å². The standard InChI is InChI=1S/C12H16N4O4/c1-3-14-10(17)7(2)15-12(20)16-9-4-8(11(18)19)5-13-6-9/h4-7H,3H2,1-2H3,(H,14,17)(H,18,19)(H2,15,16,20). The van der Waals surface area contributed by atoms with Crippen LogP contribution in [0, 0.1) is 0 Å². The number of carbonyl (C=O) groups excluding carboxylic acids is 2. The molecule has 0 spiro atoms. The van der Waals surface area contributed by atoms with Gasteiger partial charge in [-0.3, -0.25) is 9.78 Å². The van der Waals surface area contributed by atoms with E-state index < -0.39 is 18.0 Å². The first-order valence-corrected chi connectivity index (χ1v) is 5.97. The SMILES string of the molecule is CCNC(=O)C(C)NC(=O)Nc1cncc(C(=O)O)c1. The Labute approximate surface area is 115 Å². The van der Waals surface area contributed by atoms with E-state index >= 15 is 0 Å². The van der Waals surface area contributed by atoms with E-state index in [1.165, 1.54) is 25.4 Å². The van der Waals surface area contributed by atoms with Gasteiger partial charge in [-0.1, -0.05) is 0 Å². The zero-order valence-electron chi connectivity index (χ0n) is 11.1. The molecular weight excluding hydrogens is 264 g/mol. The Morgan fingerprint density at radius 3 is 2.65 bits per heavy atom. The molecular formula is C12H16N4O4. The maximum absolute atomic E-state index is 11.6. The van der Waals surface area contributed by atoms with Crippen LogP contribution in [0.4, 0.5) is 10.5 Å². The van der Waals surface area contributed by atoms with Crippen molar-refractivity contribution in [3.63, 3.8) is 0 Å². The highest BCUT2D eigenvalue weighted by Gasteiger charge is 2.15. The number of likely N-dealkylation sites (N-methyl/N-ethyl adjacent to an activating group) is 1. The van der Waals surface area contributed by atoms with E-state index in [4.69, 9.17) is 5.11 Å². The molecule has 108 valence electrons. The lowest BCUT2D eigenvalue weighted by molar-refractivity contribution is -0.122. The summed E-state index contributed by atoms with van der Waals surface area (Å²) in [6.07, 6.45) is 2.48. The number of aromatic carboxylic acids is 1.